The van der Waals surface area contributed by atoms with Gasteiger partial charge in [-0.3, -0.25) is 4.79 Å². The molecule has 1 aliphatic heterocycles. The number of morpholine rings is 1. The molecular weight excluding hydrogens is 274 g/mol. The smallest absolute Gasteiger partial charge is 0.222 e. The molecule has 0 aromatic rings. The highest BCUT2D eigenvalue weighted by Crippen LogP contribution is 2.15. The van der Waals surface area contributed by atoms with Gasteiger partial charge in [-0.2, -0.15) is 0 Å². The number of carbonyl (C=O) groups excluding carboxylic acids is 1. The van der Waals surface area contributed by atoms with Gasteiger partial charge in [-0.05, 0) is 52.4 Å². The van der Waals surface area contributed by atoms with Crippen LogP contribution in [0.2, 0.25) is 0 Å². The van der Waals surface area contributed by atoms with Crippen LogP contribution in [0.3, 0.4) is 0 Å². The maximum absolute atomic E-state index is 12.2. The van der Waals surface area contributed by atoms with Crippen molar-refractivity contribution in [1.29, 1.82) is 0 Å². The van der Waals surface area contributed by atoms with E-state index in [1.54, 1.807) is 0 Å². The molecule has 1 aliphatic rings. The van der Waals surface area contributed by atoms with Crippen LogP contribution < -0.4 is 0 Å². The van der Waals surface area contributed by atoms with E-state index in [0.717, 1.165) is 38.8 Å². The summed E-state index contributed by atoms with van der Waals surface area (Å²) >= 11 is 0. The van der Waals surface area contributed by atoms with Gasteiger partial charge in [0.25, 0.3) is 0 Å². The van der Waals surface area contributed by atoms with Crippen molar-refractivity contribution < 1.29 is 9.53 Å². The minimum absolute atomic E-state index is 0.292. The van der Waals surface area contributed by atoms with E-state index in [4.69, 9.17) is 4.74 Å². The monoisotopic (exact) mass is 307 g/mol. The number of rotatable bonds is 8. The predicted molar refractivity (Wildman–Crippen MR) is 92.8 cm³/mol. The fourth-order valence-electron chi connectivity index (χ4n) is 2.65. The van der Waals surface area contributed by atoms with Crippen LogP contribution in [0.4, 0.5) is 0 Å². The fraction of sp³-hybridized carbons (Fsp3) is 0.737. The summed E-state index contributed by atoms with van der Waals surface area (Å²) in [4.78, 5) is 14.1. The topological polar surface area (TPSA) is 29.5 Å². The highest BCUT2D eigenvalue weighted by molar-refractivity contribution is 5.76. The highest BCUT2D eigenvalue weighted by atomic mass is 16.5. The third kappa shape index (κ3) is 8.38. The molecule has 3 nitrogen and oxygen atoms in total. The number of ether oxygens (including phenoxy) is 1. The van der Waals surface area contributed by atoms with Crippen molar-refractivity contribution in [1.82, 2.24) is 4.90 Å². The molecule has 1 saturated heterocycles. The summed E-state index contributed by atoms with van der Waals surface area (Å²) in [7, 11) is 0. The third-order valence-electron chi connectivity index (χ3n) is 4.13. The van der Waals surface area contributed by atoms with Crippen LogP contribution in [0.1, 0.15) is 59.8 Å². The number of hydrogen-bond donors (Lipinski definition) is 0. The molecule has 0 aromatic heterocycles. The molecule has 1 rings (SSSR count). The molecule has 0 spiro atoms. The Hall–Kier alpha value is -1.09. The van der Waals surface area contributed by atoms with Crippen LogP contribution in [0.15, 0.2) is 23.3 Å². The van der Waals surface area contributed by atoms with Gasteiger partial charge in [0.15, 0.2) is 0 Å². The van der Waals surface area contributed by atoms with Crippen molar-refractivity contribution in [3.05, 3.63) is 23.3 Å². The van der Waals surface area contributed by atoms with Gasteiger partial charge < -0.3 is 9.64 Å². The third-order valence-corrected chi connectivity index (χ3v) is 4.13. The summed E-state index contributed by atoms with van der Waals surface area (Å²) in [6, 6.07) is 0. The van der Waals surface area contributed by atoms with Gasteiger partial charge in [0, 0.05) is 19.5 Å². The Bertz CT molecular complexity index is 388. The number of allylic oxidation sites excluding steroid dienone is 4. The first-order valence-electron chi connectivity index (χ1n) is 8.63. The number of hydrogen-bond acceptors (Lipinski definition) is 2. The van der Waals surface area contributed by atoms with Gasteiger partial charge in [-0.15, -0.1) is 0 Å². The van der Waals surface area contributed by atoms with Gasteiger partial charge in [0.05, 0.1) is 13.2 Å². The maximum Gasteiger partial charge on any atom is 0.222 e. The minimum atomic E-state index is 0.292. The molecule has 0 N–H and O–H groups in total. The number of amides is 1. The number of nitrogens with zero attached hydrogens (tertiary/aromatic N) is 1. The quantitative estimate of drug-likeness (QED) is 0.624. The lowest BCUT2D eigenvalue weighted by atomic mass is 9.99. The molecule has 0 aromatic carbocycles. The van der Waals surface area contributed by atoms with Crippen LogP contribution in [0.5, 0.6) is 0 Å². The lowest BCUT2D eigenvalue weighted by Gasteiger charge is -2.27. The Kier molecular flexibility index (Phi) is 9.14. The Morgan fingerprint density at radius 2 is 1.82 bits per heavy atom. The molecular formula is C19H33NO2. The molecule has 1 heterocycles. The first kappa shape index (κ1) is 19.0. The van der Waals surface area contributed by atoms with Crippen LogP contribution in [-0.2, 0) is 9.53 Å². The van der Waals surface area contributed by atoms with Gasteiger partial charge in [-0.1, -0.05) is 30.2 Å². The molecule has 0 saturated carbocycles. The summed E-state index contributed by atoms with van der Waals surface area (Å²) in [5, 5.41) is 0. The second-order valence-electron chi connectivity index (χ2n) is 6.75. The van der Waals surface area contributed by atoms with E-state index in [1.807, 2.05) is 4.90 Å². The summed E-state index contributed by atoms with van der Waals surface area (Å²) in [6.07, 6.45) is 9.76. The highest BCUT2D eigenvalue weighted by Gasteiger charge is 2.18. The van der Waals surface area contributed by atoms with E-state index in [0.29, 0.717) is 31.5 Å². The zero-order valence-corrected chi connectivity index (χ0v) is 14.9. The Labute approximate surface area is 136 Å². The SMILES string of the molecule is CC(C)=CCC/C(C)=C/CCC(C)CC(=O)N1CCOCC1. The second kappa shape index (κ2) is 10.6. The fourth-order valence-corrected chi connectivity index (χ4v) is 2.65. The van der Waals surface area contributed by atoms with Crippen molar-refractivity contribution in [2.45, 2.75) is 59.8 Å². The van der Waals surface area contributed by atoms with E-state index in [-0.39, 0.29) is 0 Å². The van der Waals surface area contributed by atoms with Gasteiger partial charge in [0.2, 0.25) is 5.91 Å². The van der Waals surface area contributed by atoms with E-state index < -0.39 is 0 Å². The van der Waals surface area contributed by atoms with Gasteiger partial charge in [-0.25, -0.2) is 0 Å². The molecule has 22 heavy (non-hydrogen) atoms. The molecule has 1 atom stereocenters. The Balaban J connectivity index is 2.20. The largest absolute Gasteiger partial charge is 0.378 e. The van der Waals surface area contributed by atoms with Crippen molar-refractivity contribution in [2.75, 3.05) is 26.3 Å². The zero-order chi connectivity index (χ0) is 16.4. The summed E-state index contributed by atoms with van der Waals surface area (Å²) in [5.41, 5.74) is 2.85. The molecule has 1 unspecified atom stereocenters. The average Bonchev–Trinajstić information content (AvgIpc) is 2.47. The molecule has 3 heteroatoms. The summed E-state index contributed by atoms with van der Waals surface area (Å²) < 4.78 is 5.29. The van der Waals surface area contributed by atoms with Crippen molar-refractivity contribution in [3.8, 4) is 0 Å². The number of carbonyl (C=O) groups is 1. The summed E-state index contributed by atoms with van der Waals surface area (Å²) in [6.45, 7) is 11.6. The Morgan fingerprint density at radius 1 is 1.14 bits per heavy atom. The standard InChI is InChI=1S/C19H33NO2/c1-16(2)7-5-8-17(3)9-6-10-18(4)15-19(21)20-11-13-22-14-12-20/h7,9,18H,5-6,8,10-15H2,1-4H3/b17-9+. The zero-order valence-electron chi connectivity index (χ0n) is 14.9. The van der Waals surface area contributed by atoms with E-state index in [9.17, 15) is 4.79 Å². The average molecular weight is 307 g/mol. The van der Waals surface area contributed by atoms with Gasteiger partial charge in [0.1, 0.15) is 0 Å². The van der Waals surface area contributed by atoms with Crippen LogP contribution in [-0.4, -0.2) is 37.1 Å². The first-order chi connectivity index (χ1) is 10.5. The second-order valence-corrected chi connectivity index (χ2v) is 6.75. The summed E-state index contributed by atoms with van der Waals surface area (Å²) in [5.74, 6) is 0.747. The molecule has 0 aliphatic carbocycles. The molecule has 0 bridgehead atoms. The Morgan fingerprint density at radius 3 is 2.45 bits per heavy atom. The van der Waals surface area contributed by atoms with E-state index >= 15 is 0 Å². The van der Waals surface area contributed by atoms with Crippen molar-refractivity contribution in [3.63, 3.8) is 0 Å². The lowest BCUT2D eigenvalue weighted by Crippen LogP contribution is -2.41. The first-order valence-corrected chi connectivity index (χ1v) is 8.63. The molecule has 0 radical (unpaired) electrons. The maximum atomic E-state index is 12.2. The van der Waals surface area contributed by atoms with Crippen LogP contribution in [0.25, 0.3) is 0 Å². The molecule has 1 amide bonds. The molecule has 126 valence electrons. The minimum Gasteiger partial charge on any atom is -0.378 e. The van der Waals surface area contributed by atoms with Crippen LogP contribution in [0, 0.1) is 5.92 Å². The lowest BCUT2D eigenvalue weighted by molar-refractivity contribution is -0.136. The van der Waals surface area contributed by atoms with Crippen molar-refractivity contribution >= 4 is 5.91 Å². The van der Waals surface area contributed by atoms with E-state index in [2.05, 4.69) is 39.8 Å². The molecule has 1 fully saturated rings. The predicted octanol–water partition coefficient (Wildman–Crippen LogP) is 4.34. The van der Waals surface area contributed by atoms with Gasteiger partial charge >= 0.3 is 0 Å². The van der Waals surface area contributed by atoms with Crippen molar-refractivity contribution in [2.24, 2.45) is 5.92 Å². The van der Waals surface area contributed by atoms with Crippen LogP contribution >= 0.6 is 0 Å². The normalized spacial score (nSPS) is 17.3. The van der Waals surface area contributed by atoms with E-state index in [1.165, 1.54) is 11.1 Å².